The largest absolute Gasteiger partial charge is 0.462 e. The van der Waals surface area contributed by atoms with Gasteiger partial charge in [-0.1, -0.05) is 12.5 Å². The molecule has 0 N–H and O–H groups in total. The molecule has 1 fully saturated rings. The first-order chi connectivity index (χ1) is 6.74. The number of allylic oxidation sites excluding steroid dienone is 1. The van der Waals surface area contributed by atoms with Crippen LogP contribution < -0.4 is 0 Å². The van der Waals surface area contributed by atoms with Gasteiger partial charge in [-0.05, 0) is 19.8 Å². The highest BCUT2D eigenvalue weighted by molar-refractivity contribution is 5.84. The molecule has 1 rings (SSSR count). The summed E-state index contributed by atoms with van der Waals surface area (Å²) in [6.07, 6.45) is 6.56. The van der Waals surface area contributed by atoms with E-state index in [1.807, 2.05) is 0 Å². The summed E-state index contributed by atoms with van der Waals surface area (Å²) < 4.78 is 4.95. The van der Waals surface area contributed by atoms with E-state index in [0.717, 1.165) is 19.3 Å². The summed E-state index contributed by atoms with van der Waals surface area (Å²) in [5.74, 6) is -0.173. The number of ether oxygens (including phenoxy) is 1. The molecule has 3 nitrogen and oxygen atoms in total. The molecule has 0 radical (unpaired) electrons. The highest BCUT2D eigenvalue weighted by atomic mass is 16.5. The van der Waals surface area contributed by atoms with Gasteiger partial charge in [0.2, 0.25) is 0 Å². The number of Topliss-reactive ketones (excluding diaryl/α,β-unsaturated/α-hetero) is 1. The summed E-state index contributed by atoms with van der Waals surface area (Å²) in [6, 6.07) is 0. The maximum Gasteiger partial charge on any atom is 0.330 e. The predicted octanol–water partition coefficient (Wildman–Crippen LogP) is 1.86. The highest BCUT2D eigenvalue weighted by Crippen LogP contribution is 2.20. The molecular weight excluding hydrogens is 180 g/mol. The molecule has 0 aliphatic heterocycles. The third-order valence-electron chi connectivity index (χ3n) is 2.41. The summed E-state index contributed by atoms with van der Waals surface area (Å²) >= 11 is 0. The van der Waals surface area contributed by atoms with Gasteiger partial charge in [-0.3, -0.25) is 4.79 Å². The Bertz CT molecular complexity index is 243. The number of esters is 1. The molecule has 0 bridgehead atoms. The SMILES string of the molecule is C/C=C/C(=O)OCC1CCCCC1=O. The van der Waals surface area contributed by atoms with Crippen molar-refractivity contribution in [2.24, 2.45) is 5.92 Å². The van der Waals surface area contributed by atoms with E-state index in [0.29, 0.717) is 6.42 Å². The molecule has 0 amide bonds. The van der Waals surface area contributed by atoms with Crippen LogP contribution in [0.5, 0.6) is 0 Å². The Hall–Kier alpha value is -1.12. The fraction of sp³-hybridized carbons (Fsp3) is 0.636. The zero-order valence-electron chi connectivity index (χ0n) is 8.49. The van der Waals surface area contributed by atoms with Crippen LogP contribution in [0, 0.1) is 5.92 Å². The van der Waals surface area contributed by atoms with Crippen molar-refractivity contribution < 1.29 is 14.3 Å². The van der Waals surface area contributed by atoms with E-state index in [1.54, 1.807) is 13.0 Å². The van der Waals surface area contributed by atoms with Crippen LogP contribution in [0.2, 0.25) is 0 Å². The minimum absolute atomic E-state index is 0.0574. The van der Waals surface area contributed by atoms with Crippen LogP contribution in [0.3, 0.4) is 0 Å². The van der Waals surface area contributed by atoms with Crippen LogP contribution in [0.25, 0.3) is 0 Å². The van der Waals surface area contributed by atoms with Crippen LogP contribution in [0.15, 0.2) is 12.2 Å². The molecule has 0 spiro atoms. The quantitative estimate of drug-likeness (QED) is 0.511. The van der Waals surface area contributed by atoms with Crippen molar-refractivity contribution in [3.05, 3.63) is 12.2 Å². The van der Waals surface area contributed by atoms with Crippen LogP contribution >= 0.6 is 0 Å². The Labute approximate surface area is 84.1 Å². The summed E-state index contributed by atoms with van der Waals surface area (Å²) in [4.78, 5) is 22.3. The lowest BCUT2D eigenvalue weighted by atomic mass is 9.89. The molecule has 0 aromatic carbocycles. The molecule has 1 aliphatic rings. The fourth-order valence-electron chi connectivity index (χ4n) is 1.60. The lowest BCUT2D eigenvalue weighted by Crippen LogP contribution is -2.24. The van der Waals surface area contributed by atoms with Crippen LogP contribution in [-0.4, -0.2) is 18.4 Å². The third kappa shape index (κ3) is 3.32. The van der Waals surface area contributed by atoms with Crippen molar-refractivity contribution in [1.82, 2.24) is 0 Å². The first-order valence-electron chi connectivity index (χ1n) is 5.06. The first kappa shape index (κ1) is 11.0. The standard InChI is InChI=1S/C11H16O3/c1-2-5-11(13)14-8-9-6-3-4-7-10(9)12/h2,5,9H,3-4,6-8H2,1H3/b5-2+. The molecule has 14 heavy (non-hydrogen) atoms. The minimum atomic E-state index is -0.356. The molecule has 1 saturated carbocycles. The Morgan fingerprint density at radius 2 is 2.36 bits per heavy atom. The molecule has 0 aromatic rings. The Morgan fingerprint density at radius 1 is 1.57 bits per heavy atom. The molecule has 0 aromatic heterocycles. The maximum absolute atomic E-state index is 11.4. The Kier molecular flexibility index (Phi) is 4.36. The van der Waals surface area contributed by atoms with E-state index in [1.165, 1.54) is 6.08 Å². The van der Waals surface area contributed by atoms with Crippen LogP contribution in [0.4, 0.5) is 0 Å². The van der Waals surface area contributed by atoms with Gasteiger partial charge < -0.3 is 4.74 Å². The molecule has 0 saturated heterocycles. The summed E-state index contributed by atoms with van der Waals surface area (Å²) in [5.41, 5.74) is 0. The molecular formula is C11H16O3. The molecule has 1 unspecified atom stereocenters. The van der Waals surface area contributed by atoms with Gasteiger partial charge in [0.15, 0.2) is 0 Å². The van der Waals surface area contributed by atoms with Crippen LogP contribution in [0.1, 0.15) is 32.6 Å². The second-order valence-electron chi connectivity index (χ2n) is 3.54. The van der Waals surface area contributed by atoms with Gasteiger partial charge in [0.05, 0.1) is 5.92 Å². The molecule has 3 heteroatoms. The van der Waals surface area contributed by atoms with Gasteiger partial charge in [0, 0.05) is 12.5 Å². The van der Waals surface area contributed by atoms with Crippen molar-refractivity contribution in [3.8, 4) is 0 Å². The Balaban J connectivity index is 2.29. The second-order valence-corrected chi connectivity index (χ2v) is 3.54. The van der Waals surface area contributed by atoms with Crippen molar-refractivity contribution >= 4 is 11.8 Å². The first-order valence-corrected chi connectivity index (χ1v) is 5.06. The summed E-state index contributed by atoms with van der Waals surface area (Å²) in [5, 5.41) is 0. The number of rotatable bonds is 3. The van der Waals surface area contributed by atoms with E-state index >= 15 is 0 Å². The van der Waals surface area contributed by atoms with Crippen LogP contribution in [-0.2, 0) is 14.3 Å². The number of hydrogen-bond donors (Lipinski definition) is 0. The lowest BCUT2D eigenvalue weighted by Gasteiger charge is -2.19. The lowest BCUT2D eigenvalue weighted by molar-refractivity contribution is -0.141. The van der Waals surface area contributed by atoms with Crippen molar-refractivity contribution in [3.63, 3.8) is 0 Å². The molecule has 1 aliphatic carbocycles. The Morgan fingerprint density at radius 3 is 3.00 bits per heavy atom. The van der Waals surface area contributed by atoms with Crippen molar-refractivity contribution in [2.45, 2.75) is 32.6 Å². The van der Waals surface area contributed by atoms with Gasteiger partial charge in [-0.25, -0.2) is 4.79 Å². The van der Waals surface area contributed by atoms with E-state index in [4.69, 9.17) is 4.74 Å². The van der Waals surface area contributed by atoms with E-state index in [9.17, 15) is 9.59 Å². The molecule has 0 heterocycles. The van der Waals surface area contributed by atoms with Gasteiger partial charge in [-0.2, -0.15) is 0 Å². The number of hydrogen-bond acceptors (Lipinski definition) is 3. The minimum Gasteiger partial charge on any atom is -0.462 e. The zero-order chi connectivity index (χ0) is 10.4. The third-order valence-corrected chi connectivity index (χ3v) is 2.41. The van der Waals surface area contributed by atoms with Gasteiger partial charge in [-0.15, -0.1) is 0 Å². The average Bonchev–Trinajstić information content (AvgIpc) is 2.17. The van der Waals surface area contributed by atoms with Gasteiger partial charge in [0.25, 0.3) is 0 Å². The number of ketones is 1. The monoisotopic (exact) mass is 196 g/mol. The summed E-state index contributed by atoms with van der Waals surface area (Å²) in [7, 11) is 0. The predicted molar refractivity (Wildman–Crippen MR) is 52.7 cm³/mol. The molecule has 78 valence electrons. The number of carbonyl (C=O) groups excluding carboxylic acids is 2. The average molecular weight is 196 g/mol. The zero-order valence-corrected chi connectivity index (χ0v) is 8.49. The van der Waals surface area contributed by atoms with Crippen molar-refractivity contribution in [2.75, 3.05) is 6.61 Å². The fourth-order valence-corrected chi connectivity index (χ4v) is 1.60. The summed E-state index contributed by atoms with van der Waals surface area (Å²) in [6.45, 7) is 2.01. The topological polar surface area (TPSA) is 43.4 Å². The van der Waals surface area contributed by atoms with Crippen molar-refractivity contribution in [1.29, 1.82) is 0 Å². The number of carbonyl (C=O) groups is 2. The normalized spacial score (nSPS) is 22.6. The van der Waals surface area contributed by atoms with E-state index in [-0.39, 0.29) is 24.3 Å². The maximum atomic E-state index is 11.4. The second kappa shape index (κ2) is 5.58. The smallest absolute Gasteiger partial charge is 0.330 e. The van der Waals surface area contributed by atoms with E-state index in [2.05, 4.69) is 0 Å². The van der Waals surface area contributed by atoms with Gasteiger partial charge in [0.1, 0.15) is 12.4 Å². The van der Waals surface area contributed by atoms with Gasteiger partial charge >= 0.3 is 5.97 Å². The highest BCUT2D eigenvalue weighted by Gasteiger charge is 2.22. The molecule has 1 atom stereocenters. The van der Waals surface area contributed by atoms with E-state index < -0.39 is 0 Å².